The van der Waals surface area contributed by atoms with Crippen molar-refractivity contribution in [2.75, 3.05) is 53.2 Å². The third-order valence-electron chi connectivity index (χ3n) is 2.26. The Balaban J connectivity index is 3.96. The Labute approximate surface area is 114 Å². The van der Waals surface area contributed by atoms with Gasteiger partial charge in [0.25, 0.3) is 0 Å². The summed E-state index contributed by atoms with van der Waals surface area (Å²) in [5, 5.41) is 9.79. The van der Waals surface area contributed by atoms with E-state index in [2.05, 4.69) is 6.58 Å². The number of aliphatic hydroxyl groups excluding tert-OH is 1. The maximum Gasteiger partial charge on any atom is 0.320 e. The van der Waals surface area contributed by atoms with Crippen molar-refractivity contribution in [3.05, 3.63) is 12.7 Å². The number of rotatable bonds is 12. The monoisotopic (exact) mass is 275 g/mol. The molecule has 0 aromatic rings. The summed E-state index contributed by atoms with van der Waals surface area (Å²) in [5.41, 5.74) is 0. The molecule has 19 heavy (non-hydrogen) atoms. The second-order valence-corrected chi connectivity index (χ2v) is 4.01. The van der Waals surface area contributed by atoms with Crippen LogP contribution < -0.4 is 0 Å². The molecule has 0 aliphatic carbocycles. The molecule has 1 atom stereocenters. The van der Waals surface area contributed by atoms with Gasteiger partial charge in [-0.1, -0.05) is 6.08 Å². The fourth-order valence-electron chi connectivity index (χ4n) is 1.49. The van der Waals surface area contributed by atoms with Gasteiger partial charge in [0, 0.05) is 20.2 Å². The standard InChI is InChI=1S/C13H25NO5/c1-4-6-14(10-13(16)19-5-2)9-12(15)11-18-8-7-17-3/h4,12,15H,1,5-11H2,2-3H3. The first-order chi connectivity index (χ1) is 9.13. The van der Waals surface area contributed by atoms with Gasteiger partial charge in [0.2, 0.25) is 0 Å². The maximum absolute atomic E-state index is 11.4. The van der Waals surface area contributed by atoms with Crippen LogP contribution in [0.2, 0.25) is 0 Å². The fraction of sp³-hybridized carbons (Fsp3) is 0.769. The summed E-state index contributed by atoms with van der Waals surface area (Å²) in [4.78, 5) is 13.1. The van der Waals surface area contributed by atoms with Crippen LogP contribution in [0.3, 0.4) is 0 Å². The lowest BCUT2D eigenvalue weighted by Gasteiger charge is -2.22. The largest absolute Gasteiger partial charge is 0.465 e. The Bertz CT molecular complexity index is 247. The Morgan fingerprint density at radius 1 is 1.47 bits per heavy atom. The Morgan fingerprint density at radius 2 is 2.21 bits per heavy atom. The summed E-state index contributed by atoms with van der Waals surface area (Å²) < 4.78 is 14.9. The molecule has 6 nitrogen and oxygen atoms in total. The van der Waals surface area contributed by atoms with Gasteiger partial charge in [-0.3, -0.25) is 9.69 Å². The Kier molecular flexibility index (Phi) is 11.5. The predicted molar refractivity (Wildman–Crippen MR) is 72.0 cm³/mol. The van der Waals surface area contributed by atoms with E-state index < -0.39 is 6.10 Å². The molecule has 0 aliphatic rings. The number of methoxy groups -OCH3 is 1. The van der Waals surface area contributed by atoms with E-state index in [0.29, 0.717) is 32.9 Å². The van der Waals surface area contributed by atoms with Gasteiger partial charge in [-0.05, 0) is 6.92 Å². The maximum atomic E-state index is 11.4. The third kappa shape index (κ3) is 10.6. The number of ether oxygens (including phenoxy) is 3. The minimum Gasteiger partial charge on any atom is -0.465 e. The number of aliphatic hydroxyl groups is 1. The van der Waals surface area contributed by atoms with E-state index in [1.54, 1.807) is 25.0 Å². The van der Waals surface area contributed by atoms with Crippen LogP contribution in [0.25, 0.3) is 0 Å². The van der Waals surface area contributed by atoms with Gasteiger partial charge in [-0.25, -0.2) is 0 Å². The van der Waals surface area contributed by atoms with E-state index in [-0.39, 0.29) is 19.1 Å². The average Bonchev–Trinajstić information content (AvgIpc) is 2.35. The molecule has 0 fully saturated rings. The first-order valence-electron chi connectivity index (χ1n) is 6.37. The van der Waals surface area contributed by atoms with Gasteiger partial charge in [-0.2, -0.15) is 0 Å². The van der Waals surface area contributed by atoms with E-state index >= 15 is 0 Å². The molecule has 0 aromatic carbocycles. The van der Waals surface area contributed by atoms with E-state index in [0.717, 1.165) is 0 Å². The first-order valence-corrected chi connectivity index (χ1v) is 6.37. The molecule has 0 amide bonds. The predicted octanol–water partition coefficient (Wildman–Crippen LogP) is 0.0614. The second-order valence-electron chi connectivity index (χ2n) is 4.01. The summed E-state index contributed by atoms with van der Waals surface area (Å²) in [6.07, 6.45) is 1.02. The van der Waals surface area contributed by atoms with E-state index in [4.69, 9.17) is 14.2 Å². The SMILES string of the molecule is C=CCN(CC(=O)OCC)CC(O)COCCOC. The molecule has 0 aliphatic heterocycles. The van der Waals surface area contributed by atoms with Crippen molar-refractivity contribution in [1.29, 1.82) is 0 Å². The van der Waals surface area contributed by atoms with Crippen molar-refractivity contribution in [1.82, 2.24) is 4.90 Å². The normalized spacial score (nSPS) is 12.4. The van der Waals surface area contributed by atoms with Crippen LogP contribution in [0.1, 0.15) is 6.92 Å². The lowest BCUT2D eigenvalue weighted by atomic mass is 10.3. The van der Waals surface area contributed by atoms with Crippen molar-refractivity contribution >= 4 is 5.97 Å². The number of hydrogen-bond donors (Lipinski definition) is 1. The molecule has 0 bridgehead atoms. The summed E-state index contributed by atoms with van der Waals surface area (Å²) in [7, 11) is 1.59. The van der Waals surface area contributed by atoms with Crippen LogP contribution in [0.5, 0.6) is 0 Å². The van der Waals surface area contributed by atoms with Crippen molar-refractivity contribution in [2.24, 2.45) is 0 Å². The van der Waals surface area contributed by atoms with Crippen molar-refractivity contribution < 1.29 is 24.1 Å². The molecule has 0 spiro atoms. The van der Waals surface area contributed by atoms with Crippen LogP contribution in [0.4, 0.5) is 0 Å². The lowest BCUT2D eigenvalue weighted by Crippen LogP contribution is -2.39. The van der Waals surface area contributed by atoms with Crippen LogP contribution >= 0.6 is 0 Å². The molecular formula is C13H25NO5. The summed E-state index contributed by atoms with van der Waals surface area (Å²) in [5.74, 6) is -0.308. The number of carbonyl (C=O) groups excluding carboxylic acids is 1. The molecule has 0 radical (unpaired) electrons. The van der Waals surface area contributed by atoms with Gasteiger partial charge in [0.1, 0.15) is 0 Å². The Morgan fingerprint density at radius 3 is 2.79 bits per heavy atom. The molecule has 0 aromatic heterocycles. The zero-order valence-electron chi connectivity index (χ0n) is 11.8. The van der Waals surface area contributed by atoms with E-state index in [1.807, 2.05) is 0 Å². The van der Waals surface area contributed by atoms with Crippen LogP contribution in [0.15, 0.2) is 12.7 Å². The molecule has 1 N–H and O–H groups in total. The summed E-state index contributed by atoms with van der Waals surface area (Å²) >= 11 is 0. The highest BCUT2D eigenvalue weighted by Crippen LogP contribution is 1.96. The molecule has 0 rings (SSSR count). The fourth-order valence-corrected chi connectivity index (χ4v) is 1.49. The van der Waals surface area contributed by atoms with Crippen molar-refractivity contribution in [3.8, 4) is 0 Å². The molecule has 6 heteroatoms. The molecule has 0 saturated carbocycles. The first kappa shape index (κ1) is 18.0. The van der Waals surface area contributed by atoms with Gasteiger partial charge >= 0.3 is 5.97 Å². The zero-order valence-corrected chi connectivity index (χ0v) is 11.8. The van der Waals surface area contributed by atoms with Gasteiger partial charge in [-0.15, -0.1) is 6.58 Å². The summed E-state index contributed by atoms with van der Waals surface area (Å²) in [6, 6.07) is 0. The summed E-state index contributed by atoms with van der Waals surface area (Å²) in [6.45, 7) is 7.84. The molecule has 112 valence electrons. The van der Waals surface area contributed by atoms with Crippen LogP contribution in [0, 0.1) is 0 Å². The molecule has 1 unspecified atom stereocenters. The Hall–Kier alpha value is -0.950. The number of carbonyl (C=O) groups is 1. The topological polar surface area (TPSA) is 68.2 Å². The lowest BCUT2D eigenvalue weighted by molar-refractivity contribution is -0.144. The minimum atomic E-state index is -0.661. The highest BCUT2D eigenvalue weighted by Gasteiger charge is 2.14. The molecule has 0 heterocycles. The van der Waals surface area contributed by atoms with E-state index in [9.17, 15) is 9.90 Å². The average molecular weight is 275 g/mol. The van der Waals surface area contributed by atoms with Crippen molar-refractivity contribution in [3.63, 3.8) is 0 Å². The third-order valence-corrected chi connectivity index (χ3v) is 2.26. The van der Waals surface area contributed by atoms with E-state index in [1.165, 1.54) is 0 Å². The smallest absolute Gasteiger partial charge is 0.320 e. The van der Waals surface area contributed by atoms with Crippen molar-refractivity contribution in [2.45, 2.75) is 13.0 Å². The number of nitrogens with zero attached hydrogens (tertiary/aromatic N) is 1. The number of hydrogen-bond acceptors (Lipinski definition) is 6. The molecule has 0 saturated heterocycles. The van der Waals surface area contributed by atoms with Crippen LogP contribution in [-0.4, -0.2) is 75.3 Å². The van der Waals surface area contributed by atoms with Gasteiger partial charge in [0.15, 0.2) is 0 Å². The van der Waals surface area contributed by atoms with Gasteiger partial charge < -0.3 is 19.3 Å². The number of esters is 1. The highest BCUT2D eigenvalue weighted by molar-refractivity contribution is 5.71. The zero-order chi connectivity index (χ0) is 14.5. The molecular weight excluding hydrogens is 250 g/mol. The quantitative estimate of drug-likeness (QED) is 0.309. The highest BCUT2D eigenvalue weighted by atomic mass is 16.5. The second kappa shape index (κ2) is 12.1. The van der Waals surface area contributed by atoms with Gasteiger partial charge in [0.05, 0.1) is 39.1 Å². The van der Waals surface area contributed by atoms with Crippen LogP contribution in [-0.2, 0) is 19.0 Å². The minimum absolute atomic E-state index is 0.134.